The number of hydrogen-bond acceptors (Lipinski definition) is 7. The fraction of sp³-hybridized carbons (Fsp3) is 0.412. The van der Waals surface area contributed by atoms with Gasteiger partial charge >= 0.3 is 6.36 Å². The summed E-state index contributed by atoms with van der Waals surface area (Å²) in [6.07, 6.45) is -1.70. The second-order valence-corrected chi connectivity index (χ2v) is 6.54. The highest BCUT2D eigenvalue weighted by molar-refractivity contribution is 5.42. The van der Waals surface area contributed by atoms with Crippen molar-refractivity contribution >= 4 is 5.82 Å². The highest BCUT2D eigenvalue weighted by Gasteiger charge is 2.30. The zero-order valence-corrected chi connectivity index (χ0v) is 15.4. The van der Waals surface area contributed by atoms with Crippen molar-refractivity contribution in [2.75, 3.05) is 12.0 Å². The van der Waals surface area contributed by atoms with Gasteiger partial charge < -0.3 is 14.6 Å². The van der Waals surface area contributed by atoms with Crippen LogP contribution >= 0.6 is 0 Å². The van der Waals surface area contributed by atoms with Crippen molar-refractivity contribution in [3.05, 3.63) is 47.7 Å². The Morgan fingerprint density at radius 3 is 2.76 bits per heavy atom. The van der Waals surface area contributed by atoms with E-state index < -0.39 is 6.36 Å². The Kier molecular flexibility index (Phi) is 5.34. The maximum absolute atomic E-state index is 12.2. The fourth-order valence-electron chi connectivity index (χ4n) is 3.08. The predicted molar refractivity (Wildman–Crippen MR) is 95.9 cm³/mol. The number of ether oxygens (including phenoxy) is 1. The number of halogens is 3. The van der Waals surface area contributed by atoms with Crippen LogP contribution in [0.5, 0.6) is 5.75 Å². The molecule has 0 saturated heterocycles. The lowest BCUT2D eigenvalue weighted by atomic mass is 10.1. The van der Waals surface area contributed by atoms with Crippen LogP contribution in [0.15, 0.2) is 30.6 Å². The van der Waals surface area contributed by atoms with Gasteiger partial charge in [-0.25, -0.2) is 4.98 Å². The molecule has 154 valence electrons. The number of imidazole rings is 1. The number of aryl methyl sites for hydroxylation is 2. The third kappa shape index (κ3) is 5.02. The van der Waals surface area contributed by atoms with Gasteiger partial charge in [-0.1, -0.05) is 12.1 Å². The molecule has 1 aromatic carbocycles. The molecule has 29 heavy (non-hydrogen) atoms. The molecular formula is C17H19F3N8O. The third-order valence-corrected chi connectivity index (χ3v) is 4.39. The van der Waals surface area contributed by atoms with E-state index in [1.165, 1.54) is 16.9 Å². The number of tetrazole rings is 1. The van der Waals surface area contributed by atoms with Crippen LogP contribution in [0.25, 0.3) is 0 Å². The first-order valence-electron chi connectivity index (χ1n) is 9.06. The quantitative estimate of drug-likeness (QED) is 0.617. The largest absolute Gasteiger partial charge is 0.573 e. The molecule has 0 unspecified atom stereocenters. The summed E-state index contributed by atoms with van der Waals surface area (Å²) in [6, 6.07) is 5.63. The van der Waals surface area contributed by atoms with E-state index in [-0.39, 0.29) is 5.75 Å². The first-order valence-corrected chi connectivity index (χ1v) is 9.06. The van der Waals surface area contributed by atoms with Crippen molar-refractivity contribution in [3.63, 3.8) is 0 Å². The maximum Gasteiger partial charge on any atom is 0.573 e. The van der Waals surface area contributed by atoms with E-state index in [4.69, 9.17) is 0 Å². The number of hydrogen-bond donors (Lipinski definition) is 2. The summed E-state index contributed by atoms with van der Waals surface area (Å²) in [5.74, 6) is 1.16. The Bertz CT molecular complexity index is 950. The van der Waals surface area contributed by atoms with Crippen molar-refractivity contribution < 1.29 is 17.9 Å². The third-order valence-electron chi connectivity index (χ3n) is 4.39. The number of alkyl halides is 3. The Labute approximate surface area is 163 Å². The van der Waals surface area contributed by atoms with Crippen LogP contribution in [0.2, 0.25) is 0 Å². The van der Waals surface area contributed by atoms with Crippen molar-refractivity contribution in [1.29, 1.82) is 0 Å². The Morgan fingerprint density at radius 1 is 1.14 bits per heavy atom. The molecule has 3 aromatic rings. The van der Waals surface area contributed by atoms with Gasteiger partial charge in [-0.15, -0.1) is 23.4 Å². The second kappa shape index (κ2) is 8.07. The van der Waals surface area contributed by atoms with Gasteiger partial charge in [-0.3, -0.25) is 5.32 Å². The standard InChI is InChI=1S/C17H19F3N8O/c18-17(19,20)29-13-4-2-12(3-5-13)8-15-24-26-28(25-15)7-1-6-27-11-23-16-14(27)9-21-10-22-16/h2-5,11,21-22H,1,6-10H2. The van der Waals surface area contributed by atoms with E-state index in [1.807, 2.05) is 6.33 Å². The van der Waals surface area contributed by atoms with Gasteiger partial charge in [0.05, 0.1) is 25.2 Å². The smallest absolute Gasteiger partial charge is 0.406 e. The average Bonchev–Trinajstić information content (AvgIpc) is 3.30. The van der Waals surface area contributed by atoms with Crippen molar-refractivity contribution in [2.45, 2.75) is 38.8 Å². The highest BCUT2D eigenvalue weighted by Crippen LogP contribution is 2.23. The number of fused-ring (bicyclic) bond motifs is 1. The SMILES string of the molecule is FC(F)(F)Oc1ccc(Cc2nnn(CCCn3cnc4c3CNCN4)n2)cc1. The summed E-state index contributed by atoms with van der Waals surface area (Å²) in [5.41, 5.74) is 1.89. The van der Waals surface area contributed by atoms with Crippen LogP contribution in [0, 0.1) is 0 Å². The van der Waals surface area contributed by atoms with Gasteiger partial charge in [-0.05, 0) is 29.3 Å². The van der Waals surface area contributed by atoms with Crippen LogP contribution in [0.3, 0.4) is 0 Å². The molecule has 0 bridgehead atoms. The molecule has 0 atom stereocenters. The van der Waals surface area contributed by atoms with Gasteiger partial charge in [0.25, 0.3) is 0 Å². The minimum absolute atomic E-state index is 0.259. The van der Waals surface area contributed by atoms with E-state index in [0.29, 0.717) is 25.5 Å². The van der Waals surface area contributed by atoms with Crippen LogP contribution in [0.1, 0.15) is 23.5 Å². The van der Waals surface area contributed by atoms with E-state index in [9.17, 15) is 13.2 Å². The molecule has 0 fully saturated rings. The minimum atomic E-state index is -4.70. The average molecular weight is 408 g/mol. The van der Waals surface area contributed by atoms with Gasteiger partial charge in [0.15, 0.2) is 5.82 Å². The predicted octanol–water partition coefficient (Wildman–Crippen LogP) is 1.92. The topological polar surface area (TPSA) is 94.7 Å². The number of nitrogens with one attached hydrogen (secondary N) is 2. The van der Waals surface area contributed by atoms with E-state index >= 15 is 0 Å². The van der Waals surface area contributed by atoms with E-state index in [1.54, 1.807) is 12.1 Å². The number of rotatable bonds is 7. The first kappa shape index (κ1) is 19.2. The molecule has 0 spiro atoms. The summed E-state index contributed by atoms with van der Waals surface area (Å²) < 4.78 is 42.6. The van der Waals surface area contributed by atoms with E-state index in [0.717, 1.165) is 36.6 Å². The summed E-state index contributed by atoms with van der Waals surface area (Å²) in [7, 11) is 0. The summed E-state index contributed by atoms with van der Waals surface area (Å²) in [5, 5.41) is 18.8. The molecule has 1 aliphatic rings. The fourth-order valence-corrected chi connectivity index (χ4v) is 3.08. The van der Waals surface area contributed by atoms with Crippen LogP contribution in [0.4, 0.5) is 19.0 Å². The summed E-state index contributed by atoms with van der Waals surface area (Å²) >= 11 is 0. The molecular weight excluding hydrogens is 389 g/mol. The molecule has 4 rings (SSSR count). The molecule has 2 N–H and O–H groups in total. The lowest BCUT2D eigenvalue weighted by Gasteiger charge is -2.16. The first-order chi connectivity index (χ1) is 14.0. The van der Waals surface area contributed by atoms with E-state index in [2.05, 4.69) is 40.3 Å². The Balaban J connectivity index is 1.28. The molecule has 0 saturated carbocycles. The zero-order chi connectivity index (χ0) is 20.3. The van der Waals surface area contributed by atoms with Gasteiger partial charge in [0.2, 0.25) is 0 Å². The van der Waals surface area contributed by atoms with Gasteiger partial charge in [-0.2, -0.15) is 4.80 Å². The minimum Gasteiger partial charge on any atom is -0.406 e. The molecule has 12 heteroatoms. The molecule has 0 amide bonds. The normalized spacial score (nSPS) is 13.8. The molecule has 1 aliphatic heterocycles. The molecule has 2 aromatic heterocycles. The molecule has 9 nitrogen and oxygen atoms in total. The molecule has 3 heterocycles. The number of aromatic nitrogens is 6. The molecule has 0 aliphatic carbocycles. The summed E-state index contributed by atoms with van der Waals surface area (Å²) in [6.45, 7) is 2.87. The zero-order valence-electron chi connectivity index (χ0n) is 15.4. The monoisotopic (exact) mass is 408 g/mol. The lowest BCUT2D eigenvalue weighted by Crippen LogP contribution is -2.28. The van der Waals surface area contributed by atoms with Crippen LogP contribution in [-0.4, -0.2) is 42.8 Å². The summed E-state index contributed by atoms with van der Waals surface area (Å²) in [4.78, 5) is 5.87. The lowest BCUT2D eigenvalue weighted by molar-refractivity contribution is -0.274. The Morgan fingerprint density at radius 2 is 1.97 bits per heavy atom. The number of nitrogens with zero attached hydrogens (tertiary/aromatic N) is 6. The number of benzene rings is 1. The van der Waals surface area contributed by atoms with Crippen LogP contribution < -0.4 is 15.4 Å². The van der Waals surface area contributed by atoms with Crippen molar-refractivity contribution in [3.8, 4) is 5.75 Å². The maximum atomic E-state index is 12.2. The Hall–Kier alpha value is -3.15. The molecule has 0 radical (unpaired) electrons. The second-order valence-electron chi connectivity index (χ2n) is 6.54. The number of anilines is 1. The van der Waals surface area contributed by atoms with Gasteiger partial charge in [0.1, 0.15) is 11.6 Å². The van der Waals surface area contributed by atoms with Crippen molar-refractivity contribution in [1.82, 2.24) is 35.1 Å². The van der Waals surface area contributed by atoms with Gasteiger partial charge in [0, 0.05) is 19.5 Å². The highest BCUT2D eigenvalue weighted by atomic mass is 19.4. The van der Waals surface area contributed by atoms with Crippen molar-refractivity contribution in [2.24, 2.45) is 0 Å². The van der Waals surface area contributed by atoms with Crippen LogP contribution in [-0.2, 0) is 26.1 Å².